The molecule has 0 spiro atoms. The van der Waals surface area contributed by atoms with Crippen LogP contribution >= 0.6 is 0 Å². The van der Waals surface area contributed by atoms with Gasteiger partial charge in [0.25, 0.3) is 20.2 Å². The Bertz CT molecular complexity index is 1670. The second-order valence-corrected chi connectivity index (χ2v) is 13.5. The number of piperidine rings is 1. The minimum absolute atomic E-state index is 0.0216. The van der Waals surface area contributed by atoms with Gasteiger partial charge < -0.3 is 0 Å². The molecular weight excluding hydrogens is 514 g/mol. The molecule has 0 bridgehead atoms. The highest BCUT2D eigenvalue weighted by Gasteiger charge is 2.34. The molecule has 2 atom stereocenters. The highest BCUT2D eigenvalue weighted by atomic mass is 32.2. The van der Waals surface area contributed by atoms with Crippen molar-refractivity contribution in [3.05, 3.63) is 54.1 Å². The summed E-state index contributed by atoms with van der Waals surface area (Å²) in [5, 5.41) is 8.68. The Morgan fingerprint density at radius 3 is 2.46 bits per heavy atom. The predicted molar refractivity (Wildman–Crippen MR) is 138 cm³/mol. The molecule has 2 aliphatic rings. The SMILES string of the molecule is Cc1ccc(S(=O)(=O)n2ccc3c2ncc2nnc([C@@H]4CCC(NS(=O)(=O)N5CCCCC5)C4)n23)cc1. The molecule has 1 saturated carbocycles. The maximum atomic E-state index is 13.4. The Morgan fingerprint density at radius 2 is 1.70 bits per heavy atom. The van der Waals surface area contributed by atoms with Gasteiger partial charge in [0.2, 0.25) is 0 Å². The summed E-state index contributed by atoms with van der Waals surface area (Å²) in [5.74, 6) is 0.666. The van der Waals surface area contributed by atoms with Gasteiger partial charge >= 0.3 is 0 Å². The summed E-state index contributed by atoms with van der Waals surface area (Å²) in [6.07, 6.45) is 7.91. The van der Waals surface area contributed by atoms with Crippen LogP contribution in [0.5, 0.6) is 0 Å². The summed E-state index contributed by atoms with van der Waals surface area (Å²) in [5.41, 5.74) is 2.36. The van der Waals surface area contributed by atoms with Crippen LogP contribution in [-0.4, -0.2) is 63.8 Å². The van der Waals surface area contributed by atoms with Crippen LogP contribution in [-0.2, 0) is 20.2 Å². The fourth-order valence-electron chi connectivity index (χ4n) is 5.45. The number of aromatic nitrogens is 5. The largest absolute Gasteiger partial charge is 0.279 e. The molecule has 13 heteroatoms. The lowest BCUT2D eigenvalue weighted by molar-refractivity contribution is 0.338. The number of aryl methyl sites for hydroxylation is 1. The molecule has 1 unspecified atom stereocenters. The quantitative estimate of drug-likeness (QED) is 0.395. The van der Waals surface area contributed by atoms with Crippen LogP contribution in [0.25, 0.3) is 16.8 Å². The van der Waals surface area contributed by atoms with Gasteiger partial charge in [0, 0.05) is 31.2 Å². The number of hydrogen-bond donors (Lipinski definition) is 1. The number of fused-ring (bicyclic) bond motifs is 3. The van der Waals surface area contributed by atoms with Gasteiger partial charge in [-0.2, -0.15) is 17.4 Å². The van der Waals surface area contributed by atoms with Crippen LogP contribution in [0.15, 0.2) is 47.6 Å². The van der Waals surface area contributed by atoms with Gasteiger partial charge in [-0.3, -0.25) is 4.40 Å². The van der Waals surface area contributed by atoms with Gasteiger partial charge in [-0.15, -0.1) is 10.2 Å². The van der Waals surface area contributed by atoms with E-state index >= 15 is 0 Å². The zero-order valence-electron chi connectivity index (χ0n) is 20.5. The first kappa shape index (κ1) is 24.5. The van der Waals surface area contributed by atoms with E-state index < -0.39 is 20.2 Å². The van der Waals surface area contributed by atoms with Gasteiger partial charge in [0.15, 0.2) is 11.3 Å². The van der Waals surface area contributed by atoms with Gasteiger partial charge in [-0.05, 0) is 57.2 Å². The first-order chi connectivity index (χ1) is 17.7. The van der Waals surface area contributed by atoms with Gasteiger partial charge in [-0.25, -0.2) is 17.4 Å². The number of benzene rings is 1. The highest BCUT2D eigenvalue weighted by molar-refractivity contribution is 7.90. The fraction of sp³-hybridized carbons (Fsp3) is 0.458. The lowest BCUT2D eigenvalue weighted by Crippen LogP contribution is -2.46. The van der Waals surface area contributed by atoms with E-state index in [-0.39, 0.29) is 22.5 Å². The summed E-state index contributed by atoms with van der Waals surface area (Å²) in [6.45, 7) is 3.03. The maximum Gasteiger partial charge on any atom is 0.279 e. The van der Waals surface area contributed by atoms with Crippen molar-refractivity contribution in [1.29, 1.82) is 0 Å². The molecule has 37 heavy (non-hydrogen) atoms. The predicted octanol–water partition coefficient (Wildman–Crippen LogP) is 2.58. The molecule has 3 aromatic heterocycles. The summed E-state index contributed by atoms with van der Waals surface area (Å²) in [6, 6.07) is 8.22. The van der Waals surface area contributed by atoms with Crippen molar-refractivity contribution in [1.82, 2.24) is 32.6 Å². The van der Waals surface area contributed by atoms with Crippen molar-refractivity contribution in [3.63, 3.8) is 0 Å². The van der Waals surface area contributed by atoms with Gasteiger partial charge in [-0.1, -0.05) is 24.1 Å². The molecule has 2 fully saturated rings. The third-order valence-corrected chi connectivity index (χ3v) is 10.8. The Kier molecular flexibility index (Phi) is 6.05. The minimum atomic E-state index is -3.84. The smallest absolute Gasteiger partial charge is 0.274 e. The second-order valence-electron chi connectivity index (χ2n) is 9.94. The second kappa shape index (κ2) is 9.15. The molecule has 4 heterocycles. The standard InChI is InChI=1S/C24H29N7O4S2/c1-17-5-9-20(10-6-17)36(32,33)30-14-11-21-24(30)25-16-22-26-27-23(31(21)22)18-7-8-19(15-18)28-37(34,35)29-12-3-2-4-13-29/h5-6,9-11,14,16,18-19,28H,2-4,7-8,12-13,15H2,1H3/t18-,19?/m1/s1. The van der Waals surface area contributed by atoms with Crippen molar-refractivity contribution >= 4 is 37.0 Å². The lowest BCUT2D eigenvalue weighted by Gasteiger charge is -2.27. The number of nitrogens with zero attached hydrogens (tertiary/aromatic N) is 6. The van der Waals surface area contributed by atoms with Crippen LogP contribution in [0, 0.1) is 6.92 Å². The number of hydrogen-bond acceptors (Lipinski definition) is 7. The Balaban J connectivity index is 1.30. The summed E-state index contributed by atoms with van der Waals surface area (Å²) >= 11 is 0. The van der Waals surface area contributed by atoms with Gasteiger partial charge in [0.05, 0.1) is 16.6 Å². The Labute approximate surface area is 215 Å². The molecule has 1 aliphatic heterocycles. The van der Waals surface area contributed by atoms with Crippen LogP contribution in [0.2, 0.25) is 0 Å². The maximum absolute atomic E-state index is 13.4. The molecule has 1 N–H and O–H groups in total. The molecule has 1 saturated heterocycles. The van der Waals surface area contributed by atoms with E-state index in [0.717, 1.165) is 31.2 Å². The normalized spacial score (nSPS) is 21.8. The third-order valence-electron chi connectivity index (χ3n) is 7.41. The van der Waals surface area contributed by atoms with E-state index in [4.69, 9.17) is 0 Å². The van der Waals surface area contributed by atoms with Crippen molar-refractivity contribution in [3.8, 4) is 0 Å². The zero-order chi connectivity index (χ0) is 25.8. The van der Waals surface area contributed by atoms with E-state index in [2.05, 4.69) is 19.9 Å². The van der Waals surface area contributed by atoms with E-state index in [1.807, 2.05) is 11.3 Å². The molecule has 1 aliphatic carbocycles. The first-order valence-corrected chi connectivity index (χ1v) is 15.4. The van der Waals surface area contributed by atoms with E-state index in [9.17, 15) is 16.8 Å². The van der Waals surface area contributed by atoms with E-state index in [1.54, 1.807) is 34.6 Å². The number of nitrogens with one attached hydrogen (secondary N) is 1. The van der Waals surface area contributed by atoms with Crippen LogP contribution < -0.4 is 4.72 Å². The van der Waals surface area contributed by atoms with Crippen molar-refractivity contribution < 1.29 is 16.8 Å². The number of rotatable bonds is 6. The molecule has 11 nitrogen and oxygen atoms in total. The fourth-order valence-corrected chi connectivity index (χ4v) is 8.27. The molecule has 1 aromatic carbocycles. The van der Waals surface area contributed by atoms with Gasteiger partial charge in [0.1, 0.15) is 5.82 Å². The first-order valence-electron chi connectivity index (χ1n) is 12.5. The minimum Gasteiger partial charge on any atom is -0.274 e. The molecule has 0 radical (unpaired) electrons. The van der Waals surface area contributed by atoms with Crippen LogP contribution in [0.4, 0.5) is 0 Å². The third kappa shape index (κ3) is 4.33. The molecule has 196 valence electrons. The zero-order valence-corrected chi connectivity index (χ0v) is 22.1. The highest BCUT2D eigenvalue weighted by Crippen LogP contribution is 2.35. The van der Waals surface area contributed by atoms with Crippen molar-refractivity contribution in [2.75, 3.05) is 13.1 Å². The van der Waals surface area contributed by atoms with E-state index in [0.29, 0.717) is 42.9 Å². The monoisotopic (exact) mass is 543 g/mol. The Hall–Kier alpha value is -2.87. The van der Waals surface area contributed by atoms with E-state index in [1.165, 1.54) is 16.4 Å². The average Bonchev–Trinajstić information content (AvgIpc) is 3.62. The molecular formula is C24H29N7O4S2. The molecule has 0 amide bonds. The molecule has 4 aromatic rings. The van der Waals surface area contributed by atoms with Crippen molar-refractivity contribution in [2.45, 2.75) is 62.3 Å². The Morgan fingerprint density at radius 1 is 0.946 bits per heavy atom. The summed E-state index contributed by atoms with van der Waals surface area (Å²) < 4.78 is 59.9. The molecule has 6 rings (SSSR count). The lowest BCUT2D eigenvalue weighted by atomic mass is 10.1. The van der Waals surface area contributed by atoms with Crippen molar-refractivity contribution in [2.24, 2.45) is 0 Å². The van der Waals surface area contributed by atoms with Crippen LogP contribution in [0.3, 0.4) is 0 Å². The topological polar surface area (TPSA) is 132 Å². The van der Waals surface area contributed by atoms with Crippen LogP contribution in [0.1, 0.15) is 55.8 Å². The summed E-state index contributed by atoms with van der Waals surface area (Å²) in [4.78, 5) is 4.58. The summed E-state index contributed by atoms with van der Waals surface area (Å²) in [7, 11) is -7.36. The average molecular weight is 544 g/mol.